The normalized spacial score (nSPS) is 23.1. The highest BCUT2D eigenvalue weighted by Gasteiger charge is 2.63. The fourth-order valence-electron chi connectivity index (χ4n) is 13.4. The fourth-order valence-corrected chi connectivity index (χ4v) is 17.0. The minimum absolute atomic E-state index is 0.139. The highest BCUT2D eigenvalue weighted by Crippen LogP contribution is 2.69. The van der Waals surface area contributed by atoms with Gasteiger partial charge in [-0.15, -0.1) is 0 Å². The first-order valence-electron chi connectivity index (χ1n) is 22.4. The molecule has 0 N–H and O–H groups in total. The van der Waals surface area contributed by atoms with Crippen molar-refractivity contribution in [2.75, 3.05) is 0 Å². The molecule has 0 unspecified atom stereocenters. The molecule has 294 valence electrons. The van der Waals surface area contributed by atoms with Crippen molar-refractivity contribution in [2.45, 2.75) is 50.6 Å². The molecule has 1 aromatic heterocycles. The molecule has 8 aromatic rings. The maximum Gasteiger partial charge on any atom is 0.164 e. The molecule has 4 fully saturated rings. The van der Waals surface area contributed by atoms with Gasteiger partial charge in [0.05, 0.1) is 0 Å². The summed E-state index contributed by atoms with van der Waals surface area (Å²) in [7, 11) is -2.22. The van der Waals surface area contributed by atoms with Crippen LogP contribution in [-0.2, 0) is 5.41 Å². The first kappa shape index (κ1) is 35.5. The zero-order valence-electron chi connectivity index (χ0n) is 34.8. The Morgan fingerprint density at radius 1 is 0.410 bits per heavy atom. The van der Waals surface area contributed by atoms with E-state index in [0.717, 1.165) is 57.1 Å². The van der Waals surface area contributed by atoms with Gasteiger partial charge in [0.25, 0.3) is 0 Å². The van der Waals surface area contributed by atoms with Crippen LogP contribution in [0.15, 0.2) is 164 Å². The summed E-state index contributed by atoms with van der Waals surface area (Å²) in [6.45, 7) is 5.26. The highest BCUT2D eigenvalue weighted by atomic mass is 28.3. The van der Waals surface area contributed by atoms with Crippen molar-refractivity contribution in [3.8, 4) is 78.7 Å². The molecule has 5 aliphatic carbocycles. The quantitative estimate of drug-likeness (QED) is 0.163. The van der Waals surface area contributed by atoms with Gasteiger partial charge in [-0.2, -0.15) is 0 Å². The third kappa shape index (κ3) is 5.12. The van der Waals surface area contributed by atoms with Crippen LogP contribution in [0.3, 0.4) is 0 Å². The second-order valence-electron chi connectivity index (χ2n) is 19.2. The van der Waals surface area contributed by atoms with Gasteiger partial charge in [0.15, 0.2) is 17.5 Å². The third-order valence-electron chi connectivity index (χ3n) is 15.7. The molecule has 7 aromatic carbocycles. The van der Waals surface area contributed by atoms with Crippen LogP contribution in [0.4, 0.5) is 0 Å². The number of fused-ring (bicyclic) bond motifs is 7. The molecule has 0 radical (unpaired) electrons. The van der Waals surface area contributed by atoms with Crippen molar-refractivity contribution in [3.05, 3.63) is 175 Å². The first-order valence-corrected chi connectivity index (χ1v) is 25.4. The molecule has 0 amide bonds. The summed E-state index contributed by atoms with van der Waals surface area (Å²) in [4.78, 5) is 15.9. The van der Waals surface area contributed by atoms with Crippen molar-refractivity contribution in [2.24, 2.45) is 23.7 Å². The lowest BCUT2D eigenvalue weighted by Crippen LogP contribution is -2.59. The van der Waals surface area contributed by atoms with E-state index in [-0.39, 0.29) is 5.41 Å². The van der Waals surface area contributed by atoms with Gasteiger partial charge in [0, 0.05) is 22.1 Å². The van der Waals surface area contributed by atoms with Crippen molar-refractivity contribution in [1.82, 2.24) is 15.0 Å². The van der Waals surface area contributed by atoms with Crippen LogP contribution in [0.1, 0.15) is 43.2 Å². The van der Waals surface area contributed by atoms with Crippen molar-refractivity contribution in [1.29, 1.82) is 0 Å². The molecular formula is C57H47N3Si. The van der Waals surface area contributed by atoms with Crippen LogP contribution in [0, 0.1) is 23.7 Å². The van der Waals surface area contributed by atoms with Gasteiger partial charge in [-0.25, -0.2) is 15.0 Å². The molecule has 4 saturated carbocycles. The second-order valence-corrected chi connectivity index (χ2v) is 23.5. The summed E-state index contributed by atoms with van der Waals surface area (Å²) >= 11 is 0. The van der Waals surface area contributed by atoms with Gasteiger partial charge >= 0.3 is 0 Å². The van der Waals surface area contributed by atoms with Crippen molar-refractivity contribution in [3.63, 3.8) is 0 Å². The minimum Gasteiger partial charge on any atom is -0.208 e. The lowest BCUT2D eigenvalue weighted by Gasteiger charge is -2.61. The van der Waals surface area contributed by atoms with Crippen LogP contribution in [-0.4, -0.2) is 23.0 Å². The number of hydrogen-bond donors (Lipinski definition) is 0. The Morgan fingerprint density at radius 2 is 0.951 bits per heavy atom. The molecule has 3 nitrogen and oxygen atoms in total. The smallest absolute Gasteiger partial charge is 0.164 e. The van der Waals surface area contributed by atoms with Crippen molar-refractivity contribution >= 4 is 18.4 Å². The standard InChI is InChI=1S/C57H47N3Si/c1-61(2)51-34-41(23-24-45(51)47-27-26-46-44-20-12-13-21-50(44)57(52(46)53(47)61)42-29-35-28-36(31-42)32-43(57)30-35)55-58-54(39-18-10-5-11-19-39)59-56(60-55)48-25-22-40(37-14-6-3-7-15-37)33-49(48)38-16-8-4-9-17-38/h3-27,33-36,42-43H,28-32H2,1-2H3. The summed E-state index contributed by atoms with van der Waals surface area (Å²) in [5.41, 5.74) is 17.0. The second kappa shape index (κ2) is 13.1. The Hall–Kier alpha value is -6.23. The van der Waals surface area contributed by atoms with Crippen LogP contribution < -0.4 is 10.4 Å². The molecule has 1 aliphatic heterocycles. The summed E-state index contributed by atoms with van der Waals surface area (Å²) in [5, 5.41) is 3.21. The molecule has 2 heterocycles. The fraction of sp³-hybridized carbons (Fsp3) is 0.211. The lowest BCUT2D eigenvalue weighted by molar-refractivity contribution is -0.0395. The van der Waals surface area contributed by atoms with E-state index in [4.69, 9.17) is 15.0 Å². The van der Waals surface area contributed by atoms with E-state index in [2.05, 4.69) is 177 Å². The Balaban J connectivity index is 0.980. The molecule has 61 heavy (non-hydrogen) atoms. The lowest BCUT2D eigenvalue weighted by atomic mass is 9.43. The number of hydrogen-bond acceptors (Lipinski definition) is 3. The molecule has 0 saturated heterocycles. The van der Waals surface area contributed by atoms with Gasteiger partial charge in [0.2, 0.25) is 0 Å². The zero-order valence-corrected chi connectivity index (χ0v) is 35.8. The summed E-state index contributed by atoms with van der Waals surface area (Å²) < 4.78 is 0. The van der Waals surface area contributed by atoms with E-state index in [1.165, 1.54) is 65.1 Å². The first-order chi connectivity index (χ1) is 29.9. The summed E-state index contributed by atoms with van der Waals surface area (Å²) in [6.07, 6.45) is 7.06. The van der Waals surface area contributed by atoms with E-state index in [0.29, 0.717) is 17.5 Å². The third-order valence-corrected chi connectivity index (χ3v) is 19.2. The Kier molecular flexibility index (Phi) is 7.65. The predicted molar refractivity (Wildman–Crippen MR) is 252 cm³/mol. The number of aromatic nitrogens is 3. The Morgan fingerprint density at radius 3 is 1.66 bits per heavy atom. The SMILES string of the molecule is C[Si]1(C)c2cc(-c3nc(-c4ccccc4)nc(-c4ccc(-c5ccccc5)cc4-c4ccccc4)n3)ccc2-c2ccc3c(c21)C1(c2ccccc2-3)C2CC3CC(C2)CC1C3. The van der Waals surface area contributed by atoms with E-state index >= 15 is 0 Å². The van der Waals surface area contributed by atoms with E-state index in [1.807, 2.05) is 0 Å². The topological polar surface area (TPSA) is 38.7 Å². The largest absolute Gasteiger partial charge is 0.208 e. The van der Waals surface area contributed by atoms with Gasteiger partial charge in [-0.05, 0) is 134 Å². The molecule has 4 bridgehead atoms. The van der Waals surface area contributed by atoms with Crippen LogP contribution >= 0.6 is 0 Å². The predicted octanol–water partition coefficient (Wildman–Crippen LogP) is 12.7. The van der Waals surface area contributed by atoms with E-state index in [9.17, 15) is 0 Å². The number of rotatable bonds is 5. The molecular weight excluding hydrogens is 755 g/mol. The van der Waals surface area contributed by atoms with E-state index in [1.54, 1.807) is 16.3 Å². The molecule has 1 spiro atoms. The minimum atomic E-state index is -2.22. The van der Waals surface area contributed by atoms with E-state index < -0.39 is 8.07 Å². The monoisotopic (exact) mass is 801 g/mol. The Labute approximate surface area is 359 Å². The summed E-state index contributed by atoms with van der Waals surface area (Å²) in [5.74, 6) is 5.40. The van der Waals surface area contributed by atoms with Crippen LogP contribution in [0.5, 0.6) is 0 Å². The molecule has 4 heteroatoms. The zero-order chi connectivity index (χ0) is 40.5. The van der Waals surface area contributed by atoms with Gasteiger partial charge in [-0.1, -0.05) is 165 Å². The average molecular weight is 802 g/mol. The van der Waals surface area contributed by atoms with Crippen LogP contribution in [0.25, 0.3) is 78.7 Å². The average Bonchev–Trinajstić information content (AvgIpc) is 3.73. The maximum absolute atomic E-state index is 5.41. The highest BCUT2D eigenvalue weighted by molar-refractivity contribution is 7.04. The van der Waals surface area contributed by atoms with Gasteiger partial charge < -0.3 is 0 Å². The van der Waals surface area contributed by atoms with Gasteiger partial charge in [-0.3, -0.25) is 0 Å². The maximum atomic E-state index is 5.41. The van der Waals surface area contributed by atoms with Crippen molar-refractivity contribution < 1.29 is 0 Å². The number of benzene rings is 7. The van der Waals surface area contributed by atoms with Gasteiger partial charge in [0.1, 0.15) is 8.07 Å². The number of nitrogens with zero attached hydrogens (tertiary/aromatic N) is 3. The molecule has 14 rings (SSSR count). The Bertz CT molecular complexity index is 3040. The summed E-state index contributed by atoms with van der Waals surface area (Å²) in [6, 6.07) is 60.1. The molecule has 0 atom stereocenters. The molecule has 6 aliphatic rings. The van der Waals surface area contributed by atoms with Crippen LogP contribution in [0.2, 0.25) is 13.1 Å².